The number of β-amino-alcohol motifs (C(OH)–C–C–N with tert-alkyl or cyclic N) is 1. The van der Waals surface area contributed by atoms with Crippen molar-refractivity contribution in [1.82, 2.24) is 9.80 Å². The van der Waals surface area contributed by atoms with Gasteiger partial charge < -0.3 is 14.7 Å². The van der Waals surface area contributed by atoms with E-state index < -0.39 is 11.9 Å². The third-order valence-electron chi connectivity index (χ3n) is 4.67. The molecule has 0 aromatic heterocycles. The van der Waals surface area contributed by atoms with Crippen LogP contribution in [0.2, 0.25) is 0 Å². The highest BCUT2D eigenvalue weighted by Crippen LogP contribution is 2.25. The smallest absolute Gasteiger partial charge is 0.338 e. The first-order valence-electron chi connectivity index (χ1n) is 9.00. The molecule has 28 heavy (non-hydrogen) atoms. The Balaban J connectivity index is 0.00000280. The third-order valence-corrected chi connectivity index (χ3v) is 4.67. The lowest BCUT2D eigenvalue weighted by molar-refractivity contribution is -0.121. The highest BCUT2D eigenvalue weighted by atomic mass is 35.5. The average molecular weight is 410 g/mol. The molecule has 1 N–H and O–H groups in total. The summed E-state index contributed by atoms with van der Waals surface area (Å²) >= 11 is 0. The number of esters is 1. The summed E-state index contributed by atoms with van der Waals surface area (Å²) in [5.41, 5.74) is 1.18. The Morgan fingerprint density at radius 1 is 1.11 bits per heavy atom. The fourth-order valence-electron chi connectivity index (χ4n) is 3.24. The van der Waals surface area contributed by atoms with Crippen LogP contribution in [0.1, 0.15) is 17.3 Å². The van der Waals surface area contributed by atoms with Crippen molar-refractivity contribution in [2.75, 3.05) is 50.8 Å². The van der Waals surface area contributed by atoms with Crippen LogP contribution in [0.25, 0.3) is 0 Å². The Kier molecular flexibility index (Phi) is 7.56. The molecule has 1 fully saturated rings. The summed E-state index contributed by atoms with van der Waals surface area (Å²) in [5.74, 6) is -1.20. The minimum atomic E-state index is -0.442. The Labute approximate surface area is 169 Å². The summed E-state index contributed by atoms with van der Waals surface area (Å²) < 4.78 is 4.93. The molecule has 9 heteroatoms. The zero-order valence-electron chi connectivity index (χ0n) is 15.7. The molecule has 1 aromatic carbocycles. The van der Waals surface area contributed by atoms with E-state index in [1.807, 2.05) is 4.90 Å². The van der Waals surface area contributed by atoms with Crippen molar-refractivity contribution in [3.63, 3.8) is 0 Å². The van der Waals surface area contributed by atoms with E-state index in [0.717, 1.165) is 18.0 Å². The van der Waals surface area contributed by atoms with Gasteiger partial charge in [-0.1, -0.05) is 0 Å². The number of amides is 2. The summed E-state index contributed by atoms with van der Waals surface area (Å²) in [6.07, 6.45) is 1.36. The van der Waals surface area contributed by atoms with Crippen molar-refractivity contribution in [2.45, 2.75) is 6.92 Å². The van der Waals surface area contributed by atoms with Crippen molar-refractivity contribution in [3.05, 3.63) is 41.6 Å². The number of rotatable bonds is 6. The van der Waals surface area contributed by atoms with E-state index in [9.17, 15) is 14.4 Å². The largest absolute Gasteiger partial charge is 0.462 e. The molecule has 2 heterocycles. The lowest BCUT2D eigenvalue weighted by Crippen LogP contribution is -2.48. The maximum absolute atomic E-state index is 12.8. The highest BCUT2D eigenvalue weighted by molar-refractivity contribution is 6.30. The van der Waals surface area contributed by atoms with Gasteiger partial charge in [0.1, 0.15) is 5.70 Å². The molecule has 0 radical (unpaired) electrons. The third kappa shape index (κ3) is 4.52. The predicted molar refractivity (Wildman–Crippen MR) is 105 cm³/mol. The van der Waals surface area contributed by atoms with Crippen LogP contribution in [0, 0.1) is 0 Å². The molecule has 3 rings (SSSR count). The predicted octanol–water partition coefficient (Wildman–Crippen LogP) is 0.652. The summed E-state index contributed by atoms with van der Waals surface area (Å²) in [4.78, 5) is 42.1. The second-order valence-corrected chi connectivity index (χ2v) is 6.33. The number of ether oxygens (including phenoxy) is 1. The Hall–Kier alpha value is -2.42. The molecule has 2 amide bonds. The molecule has 2 aliphatic rings. The Morgan fingerprint density at radius 2 is 1.75 bits per heavy atom. The van der Waals surface area contributed by atoms with Crippen LogP contribution in [-0.2, 0) is 14.3 Å². The van der Waals surface area contributed by atoms with E-state index in [0.29, 0.717) is 36.6 Å². The van der Waals surface area contributed by atoms with E-state index in [4.69, 9.17) is 9.84 Å². The second-order valence-electron chi connectivity index (χ2n) is 6.33. The van der Waals surface area contributed by atoms with Crippen LogP contribution in [0.3, 0.4) is 0 Å². The number of imide groups is 1. The van der Waals surface area contributed by atoms with Gasteiger partial charge in [0.25, 0.3) is 11.8 Å². The number of piperazine rings is 1. The number of halogens is 1. The second kappa shape index (κ2) is 9.68. The van der Waals surface area contributed by atoms with Crippen molar-refractivity contribution in [1.29, 1.82) is 0 Å². The van der Waals surface area contributed by atoms with Gasteiger partial charge in [-0.05, 0) is 31.2 Å². The number of carbonyl (C=O) groups excluding carboxylic acids is 3. The first kappa shape index (κ1) is 21.9. The fraction of sp³-hybridized carbons (Fsp3) is 0.421. The summed E-state index contributed by atoms with van der Waals surface area (Å²) in [5, 5.41) is 9.02. The van der Waals surface area contributed by atoms with Crippen LogP contribution >= 0.6 is 12.4 Å². The number of aliphatic hydroxyl groups is 1. The zero-order valence-corrected chi connectivity index (χ0v) is 16.5. The number of anilines is 1. The molecule has 0 saturated carbocycles. The molecular formula is C19H24ClN3O5. The maximum Gasteiger partial charge on any atom is 0.338 e. The van der Waals surface area contributed by atoms with Gasteiger partial charge in [0.2, 0.25) is 0 Å². The first-order chi connectivity index (χ1) is 13.0. The van der Waals surface area contributed by atoms with Gasteiger partial charge in [0, 0.05) is 38.8 Å². The molecule has 0 bridgehead atoms. The molecule has 0 atom stereocenters. The van der Waals surface area contributed by atoms with Gasteiger partial charge in [-0.2, -0.15) is 0 Å². The van der Waals surface area contributed by atoms with Crippen molar-refractivity contribution >= 4 is 35.9 Å². The summed E-state index contributed by atoms with van der Waals surface area (Å²) in [6, 6.07) is 6.22. The Morgan fingerprint density at radius 3 is 2.32 bits per heavy atom. The van der Waals surface area contributed by atoms with Gasteiger partial charge in [-0.25, -0.2) is 9.69 Å². The van der Waals surface area contributed by atoms with Gasteiger partial charge in [-0.15, -0.1) is 12.4 Å². The van der Waals surface area contributed by atoms with Crippen molar-refractivity contribution < 1.29 is 24.2 Å². The molecule has 152 valence electrons. The normalized spacial score (nSPS) is 17.4. The summed E-state index contributed by atoms with van der Waals surface area (Å²) in [6.45, 7) is 5.43. The highest BCUT2D eigenvalue weighted by Gasteiger charge is 2.36. The zero-order chi connectivity index (χ0) is 19.4. The van der Waals surface area contributed by atoms with Crippen LogP contribution in [0.15, 0.2) is 36.0 Å². The molecule has 0 spiro atoms. The minimum absolute atomic E-state index is 0. The topological polar surface area (TPSA) is 90.4 Å². The summed E-state index contributed by atoms with van der Waals surface area (Å²) in [7, 11) is 0. The lowest BCUT2D eigenvalue weighted by atomic mass is 10.2. The first-order valence-corrected chi connectivity index (χ1v) is 9.00. The van der Waals surface area contributed by atoms with Crippen LogP contribution in [-0.4, -0.2) is 78.6 Å². The van der Waals surface area contributed by atoms with Crippen molar-refractivity contribution in [2.24, 2.45) is 0 Å². The number of hydrogen-bond acceptors (Lipinski definition) is 7. The molecule has 0 unspecified atom stereocenters. The molecule has 1 saturated heterocycles. The van der Waals surface area contributed by atoms with Gasteiger partial charge in [0.05, 0.1) is 24.5 Å². The number of carbonyl (C=O) groups is 3. The quantitative estimate of drug-likeness (QED) is 0.545. The van der Waals surface area contributed by atoms with Crippen LogP contribution in [0.4, 0.5) is 5.69 Å². The lowest BCUT2D eigenvalue weighted by Gasteiger charge is -2.35. The molecule has 8 nitrogen and oxygen atoms in total. The fourth-order valence-corrected chi connectivity index (χ4v) is 3.24. The SMILES string of the molecule is CCOC(=O)c1ccc(N2C(=O)C=C(N3CCN(CCO)CC3)C2=O)cc1.Cl. The minimum Gasteiger partial charge on any atom is -0.462 e. The van der Waals surface area contributed by atoms with Gasteiger partial charge >= 0.3 is 5.97 Å². The molecule has 2 aliphatic heterocycles. The van der Waals surface area contributed by atoms with Gasteiger partial charge in [0.15, 0.2) is 0 Å². The maximum atomic E-state index is 12.8. The van der Waals surface area contributed by atoms with Gasteiger partial charge in [-0.3, -0.25) is 14.5 Å². The Bertz CT molecular complexity index is 757. The number of benzene rings is 1. The molecule has 0 aliphatic carbocycles. The van der Waals surface area contributed by atoms with E-state index in [-0.39, 0.29) is 31.5 Å². The average Bonchev–Trinajstić information content (AvgIpc) is 2.97. The van der Waals surface area contributed by atoms with E-state index in [2.05, 4.69) is 4.90 Å². The number of nitrogens with zero attached hydrogens (tertiary/aromatic N) is 3. The van der Waals surface area contributed by atoms with E-state index in [1.54, 1.807) is 31.2 Å². The van der Waals surface area contributed by atoms with E-state index in [1.165, 1.54) is 6.08 Å². The van der Waals surface area contributed by atoms with Crippen LogP contribution in [0.5, 0.6) is 0 Å². The van der Waals surface area contributed by atoms with Crippen molar-refractivity contribution in [3.8, 4) is 0 Å². The van der Waals surface area contributed by atoms with Crippen LogP contribution < -0.4 is 4.90 Å². The number of aliphatic hydroxyl groups excluding tert-OH is 1. The standard InChI is InChI=1S/C19H23N3O5.ClH/c1-2-27-19(26)14-3-5-15(6-4-14)22-17(24)13-16(18(22)25)21-9-7-20(8-10-21)11-12-23;/h3-6,13,23H,2,7-12H2,1H3;1H. The van der Waals surface area contributed by atoms with E-state index >= 15 is 0 Å². The molecule has 1 aromatic rings. The molecular weight excluding hydrogens is 386 g/mol. The monoisotopic (exact) mass is 409 g/mol. The number of hydrogen-bond donors (Lipinski definition) is 1.